The first-order valence-corrected chi connectivity index (χ1v) is 14.5. The second kappa shape index (κ2) is 9.42. The predicted octanol–water partition coefficient (Wildman–Crippen LogP) is 10.7. The molecule has 4 heteroatoms. The first-order chi connectivity index (χ1) is 20.1. The molecule has 4 aromatic carbocycles. The molecule has 0 saturated carbocycles. The summed E-state index contributed by atoms with van der Waals surface area (Å²) in [6.45, 7) is 13.3. The highest BCUT2D eigenvalue weighted by Gasteiger charge is 2.23. The van der Waals surface area contributed by atoms with Crippen LogP contribution in [0.3, 0.4) is 0 Å². The Morgan fingerprint density at radius 1 is 0.619 bits per heavy atom. The Morgan fingerprint density at radius 2 is 1.36 bits per heavy atom. The summed E-state index contributed by atoms with van der Waals surface area (Å²) in [7, 11) is 0. The number of ether oxygens (including phenoxy) is 1. The van der Waals surface area contributed by atoms with Gasteiger partial charge in [-0.15, -0.1) is 0 Å². The van der Waals surface area contributed by atoms with Gasteiger partial charge in [-0.25, -0.2) is 9.97 Å². The summed E-state index contributed by atoms with van der Waals surface area (Å²) in [5.41, 5.74) is 7.89. The molecule has 0 spiro atoms. The van der Waals surface area contributed by atoms with E-state index in [0.717, 1.165) is 55.2 Å². The average molecular weight is 551 g/mol. The van der Waals surface area contributed by atoms with Crippen LogP contribution in [0.4, 0.5) is 0 Å². The number of pyridine rings is 2. The van der Waals surface area contributed by atoms with Gasteiger partial charge < -0.3 is 9.15 Å². The van der Waals surface area contributed by atoms with Gasteiger partial charge in [0.05, 0.1) is 5.69 Å². The number of hydrogen-bond acceptors (Lipinski definition) is 4. The Hall–Kier alpha value is -4.70. The van der Waals surface area contributed by atoms with Crippen molar-refractivity contribution in [2.45, 2.75) is 52.4 Å². The highest BCUT2D eigenvalue weighted by atomic mass is 16.5. The van der Waals surface area contributed by atoms with Crippen molar-refractivity contribution in [3.05, 3.63) is 108 Å². The lowest BCUT2D eigenvalue weighted by molar-refractivity contribution is 0.451. The Morgan fingerprint density at radius 3 is 2.12 bits per heavy atom. The van der Waals surface area contributed by atoms with Gasteiger partial charge in [-0.2, -0.15) is 0 Å². The molecule has 3 aromatic heterocycles. The average Bonchev–Trinajstić information content (AvgIpc) is 3.37. The van der Waals surface area contributed by atoms with Gasteiger partial charge in [0.15, 0.2) is 5.58 Å². The zero-order valence-electron chi connectivity index (χ0n) is 24.9. The molecule has 7 rings (SSSR count). The van der Waals surface area contributed by atoms with Crippen LogP contribution in [0.1, 0.15) is 52.7 Å². The molecule has 0 amide bonds. The fourth-order valence-corrected chi connectivity index (χ4v) is 5.66. The van der Waals surface area contributed by atoms with Crippen LogP contribution in [-0.4, -0.2) is 9.97 Å². The van der Waals surface area contributed by atoms with Gasteiger partial charge in [0, 0.05) is 33.4 Å². The third-order valence-corrected chi connectivity index (χ3v) is 8.08. The normalized spacial score (nSPS) is 12.5. The molecule has 0 N–H and O–H groups in total. The van der Waals surface area contributed by atoms with E-state index in [1.54, 1.807) is 0 Å². The van der Waals surface area contributed by atoms with Crippen molar-refractivity contribution >= 4 is 32.7 Å². The number of nitrogens with zero attached hydrogens (tertiary/aromatic N) is 2. The number of hydrogen-bond donors (Lipinski definition) is 0. The summed E-state index contributed by atoms with van der Waals surface area (Å²) in [4.78, 5) is 10.0. The van der Waals surface area contributed by atoms with Crippen LogP contribution in [0.25, 0.3) is 55.2 Å². The smallest absolute Gasteiger partial charge is 0.230 e. The summed E-state index contributed by atoms with van der Waals surface area (Å²) >= 11 is 0. The van der Waals surface area contributed by atoms with Gasteiger partial charge in [-0.05, 0) is 51.6 Å². The second-order valence-corrected chi connectivity index (χ2v) is 13.2. The van der Waals surface area contributed by atoms with E-state index in [1.807, 2.05) is 30.3 Å². The summed E-state index contributed by atoms with van der Waals surface area (Å²) < 4.78 is 13.0. The number of furan rings is 1. The molecule has 0 radical (unpaired) electrons. The summed E-state index contributed by atoms with van der Waals surface area (Å²) in [5.74, 6) is 1.01. The van der Waals surface area contributed by atoms with Gasteiger partial charge >= 0.3 is 0 Å². The maximum Gasteiger partial charge on any atom is 0.230 e. The molecule has 0 bridgehead atoms. The van der Waals surface area contributed by atoms with Gasteiger partial charge in [0.2, 0.25) is 11.8 Å². The second-order valence-electron chi connectivity index (χ2n) is 13.2. The van der Waals surface area contributed by atoms with Crippen molar-refractivity contribution in [1.29, 1.82) is 0 Å². The van der Waals surface area contributed by atoms with E-state index < -0.39 is 0 Å². The third kappa shape index (κ3) is 4.48. The molecule has 3 heterocycles. The molecular formula is C38H34N2O2. The van der Waals surface area contributed by atoms with E-state index in [0.29, 0.717) is 11.8 Å². The van der Waals surface area contributed by atoms with Crippen molar-refractivity contribution in [3.63, 3.8) is 0 Å². The molecule has 7 aromatic rings. The van der Waals surface area contributed by atoms with Crippen LogP contribution in [0.2, 0.25) is 0 Å². The molecule has 208 valence electrons. The molecule has 0 saturated heterocycles. The first kappa shape index (κ1) is 26.2. The lowest BCUT2D eigenvalue weighted by Gasteiger charge is -2.20. The Kier molecular flexibility index (Phi) is 5.88. The van der Waals surface area contributed by atoms with E-state index in [-0.39, 0.29) is 10.8 Å². The maximum absolute atomic E-state index is 6.54. The Labute approximate surface area is 246 Å². The van der Waals surface area contributed by atoms with E-state index in [2.05, 4.69) is 108 Å². The largest absolute Gasteiger partial charge is 0.454 e. The third-order valence-electron chi connectivity index (χ3n) is 8.08. The zero-order chi connectivity index (χ0) is 29.2. The SMILES string of the molecule is CC(C)(C)c1ccc(-c2cccc(Oc3nc(-c4cccc(C(C)(C)C)c4)c4oc5cccc6ccc3c4c65)n2)cc1. The molecular weight excluding hydrogens is 516 g/mol. The number of benzene rings is 4. The minimum atomic E-state index is -0.000931. The van der Waals surface area contributed by atoms with Gasteiger partial charge in [0.25, 0.3) is 0 Å². The van der Waals surface area contributed by atoms with Crippen molar-refractivity contribution < 1.29 is 9.15 Å². The lowest BCUT2D eigenvalue weighted by Crippen LogP contribution is -2.10. The number of rotatable bonds is 4. The van der Waals surface area contributed by atoms with Crippen molar-refractivity contribution in [3.8, 4) is 34.3 Å². The fourth-order valence-electron chi connectivity index (χ4n) is 5.66. The van der Waals surface area contributed by atoms with Crippen LogP contribution in [0, 0.1) is 0 Å². The highest BCUT2D eigenvalue weighted by molar-refractivity contribution is 6.24. The fraction of sp³-hybridized carbons (Fsp3) is 0.211. The molecule has 0 aliphatic rings. The summed E-state index contributed by atoms with van der Waals surface area (Å²) in [5, 5.41) is 4.15. The van der Waals surface area contributed by atoms with Crippen LogP contribution in [-0.2, 0) is 10.8 Å². The standard InChI is InChI=1S/C38H34N2O2/c1-37(2,3)26-19-16-23(17-20-26)29-13-9-15-31(39-29)42-36-28-21-18-24-10-8-14-30-32(24)33(28)35(41-30)34(40-36)25-11-7-12-27(22-25)38(4,5)6/h7-22H,1-6H3. The van der Waals surface area contributed by atoms with E-state index in [1.165, 1.54) is 11.1 Å². The predicted molar refractivity (Wildman–Crippen MR) is 173 cm³/mol. The molecule has 42 heavy (non-hydrogen) atoms. The molecule has 0 fully saturated rings. The Balaban J connectivity index is 1.38. The van der Waals surface area contributed by atoms with Crippen LogP contribution in [0.15, 0.2) is 101 Å². The minimum absolute atomic E-state index is 0.000931. The quantitative estimate of drug-likeness (QED) is 0.205. The lowest BCUT2D eigenvalue weighted by atomic mass is 9.86. The van der Waals surface area contributed by atoms with Crippen LogP contribution in [0.5, 0.6) is 11.8 Å². The Bertz CT molecular complexity index is 2070. The molecule has 0 atom stereocenters. The first-order valence-electron chi connectivity index (χ1n) is 14.5. The minimum Gasteiger partial charge on any atom is -0.454 e. The van der Waals surface area contributed by atoms with Gasteiger partial charge in [-0.1, -0.05) is 108 Å². The molecule has 0 aliphatic carbocycles. The topological polar surface area (TPSA) is 48.2 Å². The highest BCUT2D eigenvalue weighted by Crippen LogP contribution is 2.45. The maximum atomic E-state index is 6.54. The molecule has 0 aliphatic heterocycles. The molecule has 0 unspecified atom stereocenters. The number of aromatic nitrogens is 2. The molecule has 4 nitrogen and oxygen atoms in total. The summed E-state index contributed by atoms with van der Waals surface area (Å²) in [6, 6.07) is 33.4. The monoisotopic (exact) mass is 550 g/mol. The van der Waals surface area contributed by atoms with E-state index in [4.69, 9.17) is 19.1 Å². The van der Waals surface area contributed by atoms with Crippen molar-refractivity contribution in [2.75, 3.05) is 0 Å². The van der Waals surface area contributed by atoms with Crippen molar-refractivity contribution in [1.82, 2.24) is 9.97 Å². The summed E-state index contributed by atoms with van der Waals surface area (Å²) in [6.07, 6.45) is 0. The van der Waals surface area contributed by atoms with Crippen LogP contribution >= 0.6 is 0 Å². The van der Waals surface area contributed by atoms with Gasteiger partial charge in [0.1, 0.15) is 11.3 Å². The van der Waals surface area contributed by atoms with Gasteiger partial charge in [-0.3, -0.25) is 0 Å². The van der Waals surface area contributed by atoms with E-state index >= 15 is 0 Å². The van der Waals surface area contributed by atoms with Crippen LogP contribution < -0.4 is 4.74 Å². The van der Waals surface area contributed by atoms with Crippen molar-refractivity contribution in [2.24, 2.45) is 0 Å². The zero-order valence-corrected chi connectivity index (χ0v) is 24.9. The van der Waals surface area contributed by atoms with E-state index in [9.17, 15) is 0 Å².